The first kappa shape index (κ1) is 27.6. The molecule has 3 nitrogen and oxygen atoms in total. The van der Waals surface area contributed by atoms with E-state index >= 15 is 0 Å². The number of hydrogen-bond acceptors (Lipinski definition) is 3. The smallest absolute Gasteiger partial charge is 0.744 e. The largest absolute Gasteiger partial charge is 1.00 e. The molecule has 2 aromatic rings. The van der Waals surface area contributed by atoms with Crippen LogP contribution in [0.15, 0.2) is 29.2 Å². The fraction of sp³-hybridized carbons (Fsp3) is 0.600. The minimum Gasteiger partial charge on any atom is -0.744 e. The maximum Gasteiger partial charge on any atom is 1.00 e. The average molecular weight is 441 g/mol. The van der Waals surface area contributed by atoms with E-state index in [1.165, 1.54) is 5.56 Å². The van der Waals surface area contributed by atoms with Crippen LogP contribution in [0, 0.1) is 0 Å². The summed E-state index contributed by atoms with van der Waals surface area (Å²) < 4.78 is 37.2. The van der Waals surface area contributed by atoms with Gasteiger partial charge in [-0.1, -0.05) is 83.6 Å². The molecule has 2 rings (SSSR count). The van der Waals surface area contributed by atoms with Crippen molar-refractivity contribution >= 4 is 20.9 Å². The van der Waals surface area contributed by atoms with Gasteiger partial charge in [-0.15, -0.1) is 0 Å². The van der Waals surface area contributed by atoms with Crippen LogP contribution in [-0.4, -0.2) is 13.0 Å². The molecule has 5 heteroatoms. The zero-order valence-electron chi connectivity index (χ0n) is 19.4. The summed E-state index contributed by atoms with van der Waals surface area (Å²) in [6, 6.07) is 7.63. The molecule has 0 atom stereocenters. The molecule has 0 saturated carbocycles. The summed E-state index contributed by atoms with van der Waals surface area (Å²) in [5.41, 5.74) is 3.25. The van der Waals surface area contributed by atoms with Gasteiger partial charge in [0.2, 0.25) is 0 Å². The van der Waals surface area contributed by atoms with E-state index < -0.39 is 10.1 Å². The normalized spacial score (nSPS) is 11.6. The van der Waals surface area contributed by atoms with Crippen LogP contribution in [0.3, 0.4) is 0 Å². The molecular weight excluding hydrogens is 403 g/mol. The number of rotatable bonds is 13. The molecule has 0 N–H and O–H groups in total. The van der Waals surface area contributed by atoms with E-state index in [9.17, 15) is 13.0 Å². The summed E-state index contributed by atoms with van der Waals surface area (Å²) >= 11 is 0. The Labute approximate surface area is 206 Å². The Morgan fingerprint density at radius 3 is 1.57 bits per heavy atom. The van der Waals surface area contributed by atoms with Crippen LogP contribution in [0.25, 0.3) is 10.8 Å². The summed E-state index contributed by atoms with van der Waals surface area (Å²) in [7, 11) is -4.54. The third kappa shape index (κ3) is 7.34. The van der Waals surface area contributed by atoms with Gasteiger partial charge >= 0.3 is 29.6 Å². The molecule has 0 bridgehead atoms. The second-order valence-corrected chi connectivity index (χ2v) is 9.45. The van der Waals surface area contributed by atoms with Crippen LogP contribution < -0.4 is 29.6 Å². The summed E-state index contributed by atoms with van der Waals surface area (Å²) in [5.74, 6) is 0. The Morgan fingerprint density at radius 1 is 0.667 bits per heavy atom. The fourth-order valence-corrected chi connectivity index (χ4v) is 5.36. The molecule has 0 heterocycles. The number of aryl methyl sites for hydroxylation is 1. The second-order valence-electron chi connectivity index (χ2n) is 8.14. The number of benzene rings is 2. The summed E-state index contributed by atoms with van der Waals surface area (Å²) in [4.78, 5) is 0.0509. The van der Waals surface area contributed by atoms with Crippen LogP contribution in [0.4, 0.5) is 0 Å². The predicted octanol–water partition coefficient (Wildman–Crippen LogP) is 3.95. The Balaban J connectivity index is 0.00000450. The standard InChI is InChI=1S/C25H38O3S.Na/c1-4-7-10-15-20-21(16-11-8-5-2)23(18-12-9-6-3)25(29(26,27)28)24-19-14-13-17-22(20)24;/h13-14,17,19H,4-12,15-16,18H2,1-3H3,(H,26,27,28);/q;+1/p-1. The van der Waals surface area contributed by atoms with E-state index in [4.69, 9.17) is 0 Å². The molecular formula is C25H37NaO3S. The Bertz CT molecular complexity index is 891. The van der Waals surface area contributed by atoms with Crippen LogP contribution in [0.5, 0.6) is 0 Å². The monoisotopic (exact) mass is 440 g/mol. The van der Waals surface area contributed by atoms with Crippen molar-refractivity contribution in [1.82, 2.24) is 0 Å². The molecule has 0 aliphatic carbocycles. The van der Waals surface area contributed by atoms with E-state index in [0.717, 1.165) is 87.1 Å². The minimum absolute atomic E-state index is 0. The van der Waals surface area contributed by atoms with Crippen molar-refractivity contribution in [2.45, 2.75) is 103 Å². The van der Waals surface area contributed by atoms with Crippen molar-refractivity contribution in [2.24, 2.45) is 0 Å². The van der Waals surface area contributed by atoms with E-state index in [2.05, 4.69) is 20.8 Å². The minimum atomic E-state index is -4.54. The molecule has 2 aromatic carbocycles. The van der Waals surface area contributed by atoms with E-state index in [1.807, 2.05) is 24.3 Å². The van der Waals surface area contributed by atoms with Crippen molar-refractivity contribution in [2.75, 3.05) is 0 Å². The second kappa shape index (κ2) is 13.9. The number of hydrogen-bond donors (Lipinski definition) is 0. The van der Waals surface area contributed by atoms with E-state index in [1.54, 1.807) is 0 Å². The van der Waals surface area contributed by atoms with E-state index in [0.29, 0.717) is 11.8 Å². The van der Waals surface area contributed by atoms with Gasteiger partial charge in [0, 0.05) is 0 Å². The zero-order valence-corrected chi connectivity index (χ0v) is 22.2. The first-order valence-corrected chi connectivity index (χ1v) is 12.9. The molecule has 0 radical (unpaired) electrons. The van der Waals surface area contributed by atoms with Crippen LogP contribution in [0.1, 0.15) is 95.2 Å². The molecule has 30 heavy (non-hydrogen) atoms. The van der Waals surface area contributed by atoms with Crippen molar-refractivity contribution < 1.29 is 42.5 Å². The van der Waals surface area contributed by atoms with Gasteiger partial charge in [-0.05, 0) is 66.0 Å². The Morgan fingerprint density at radius 2 is 1.10 bits per heavy atom. The van der Waals surface area contributed by atoms with Gasteiger partial charge < -0.3 is 4.55 Å². The Hall–Kier alpha value is -0.390. The van der Waals surface area contributed by atoms with Gasteiger partial charge in [0.1, 0.15) is 10.1 Å². The molecule has 162 valence electrons. The summed E-state index contributed by atoms with van der Waals surface area (Å²) in [5, 5.41) is 1.59. The topological polar surface area (TPSA) is 57.2 Å². The fourth-order valence-electron chi connectivity index (χ4n) is 4.38. The van der Waals surface area contributed by atoms with Crippen LogP contribution in [-0.2, 0) is 29.4 Å². The van der Waals surface area contributed by atoms with Crippen molar-refractivity contribution in [3.05, 3.63) is 41.0 Å². The third-order valence-electron chi connectivity index (χ3n) is 5.84. The van der Waals surface area contributed by atoms with Crippen molar-refractivity contribution in [1.29, 1.82) is 0 Å². The van der Waals surface area contributed by atoms with Gasteiger partial charge in [0.05, 0.1) is 4.90 Å². The van der Waals surface area contributed by atoms with Gasteiger partial charge in [0.15, 0.2) is 0 Å². The quantitative estimate of drug-likeness (QED) is 0.269. The first-order valence-electron chi connectivity index (χ1n) is 11.5. The van der Waals surface area contributed by atoms with Gasteiger partial charge in [-0.25, -0.2) is 8.42 Å². The van der Waals surface area contributed by atoms with Gasteiger partial charge in [-0.3, -0.25) is 0 Å². The van der Waals surface area contributed by atoms with Crippen LogP contribution >= 0.6 is 0 Å². The maximum atomic E-state index is 12.4. The molecule has 0 aliphatic rings. The van der Waals surface area contributed by atoms with Crippen LogP contribution in [0.2, 0.25) is 0 Å². The number of unbranched alkanes of at least 4 members (excludes halogenated alkanes) is 6. The van der Waals surface area contributed by atoms with Gasteiger partial charge in [-0.2, -0.15) is 0 Å². The summed E-state index contributed by atoms with van der Waals surface area (Å²) in [6.45, 7) is 6.52. The molecule has 0 saturated heterocycles. The predicted molar refractivity (Wildman–Crippen MR) is 122 cm³/mol. The summed E-state index contributed by atoms with van der Waals surface area (Å²) in [6.07, 6.45) is 12.2. The molecule has 0 spiro atoms. The van der Waals surface area contributed by atoms with Crippen molar-refractivity contribution in [3.8, 4) is 0 Å². The van der Waals surface area contributed by atoms with Crippen molar-refractivity contribution in [3.63, 3.8) is 0 Å². The number of fused-ring (bicyclic) bond motifs is 1. The molecule has 0 unspecified atom stereocenters. The molecule has 0 aliphatic heterocycles. The third-order valence-corrected chi connectivity index (χ3v) is 6.81. The van der Waals surface area contributed by atoms with Gasteiger partial charge in [0.25, 0.3) is 0 Å². The maximum absolute atomic E-state index is 12.4. The first-order chi connectivity index (χ1) is 14.0. The Kier molecular flexibility index (Phi) is 12.8. The molecule has 0 aromatic heterocycles. The molecule has 0 amide bonds. The molecule has 0 fully saturated rings. The SMILES string of the molecule is CCCCCc1c(CCCCC)c(S(=O)(=O)[O-])c2ccccc2c1CCCCC.[Na+]. The average Bonchev–Trinajstić information content (AvgIpc) is 2.68. The van der Waals surface area contributed by atoms with E-state index in [-0.39, 0.29) is 34.5 Å². The zero-order chi connectivity index (χ0) is 21.3.